The Morgan fingerprint density at radius 3 is 2.50 bits per heavy atom. The van der Waals surface area contributed by atoms with E-state index in [1.54, 1.807) is 7.11 Å². The van der Waals surface area contributed by atoms with Crippen LogP contribution in [0.4, 0.5) is 0 Å². The van der Waals surface area contributed by atoms with Crippen LogP contribution in [0.15, 0.2) is 23.3 Å². The molecule has 1 aliphatic rings. The van der Waals surface area contributed by atoms with Crippen LogP contribution in [0.5, 0.6) is 0 Å². The summed E-state index contributed by atoms with van der Waals surface area (Å²) in [6.07, 6.45) is 7.34. The minimum Gasteiger partial charge on any atom is -0.370 e. The predicted molar refractivity (Wildman–Crippen MR) is 51.8 cm³/mol. The Labute approximate surface area is 75.1 Å². The highest BCUT2D eigenvalue weighted by Crippen LogP contribution is 2.33. The zero-order valence-electron chi connectivity index (χ0n) is 8.35. The molecule has 0 aromatic rings. The van der Waals surface area contributed by atoms with E-state index in [0.29, 0.717) is 0 Å². The Morgan fingerprint density at radius 1 is 1.42 bits per heavy atom. The van der Waals surface area contributed by atoms with E-state index in [0.717, 1.165) is 6.42 Å². The van der Waals surface area contributed by atoms with Crippen molar-refractivity contribution in [3.63, 3.8) is 0 Å². The molecule has 0 saturated carbocycles. The second kappa shape index (κ2) is 3.44. The molecule has 1 nitrogen and oxygen atoms in total. The van der Waals surface area contributed by atoms with Crippen molar-refractivity contribution in [1.82, 2.24) is 0 Å². The van der Waals surface area contributed by atoms with Gasteiger partial charge < -0.3 is 4.74 Å². The number of rotatable bonds is 2. The maximum absolute atomic E-state index is 5.55. The zero-order chi connectivity index (χ0) is 9.19. The topological polar surface area (TPSA) is 9.23 Å². The third-order valence-corrected chi connectivity index (χ3v) is 2.83. The molecule has 0 aromatic carbocycles. The van der Waals surface area contributed by atoms with Gasteiger partial charge in [0.1, 0.15) is 5.60 Å². The molecule has 0 fully saturated rings. The molecule has 1 atom stereocenters. The van der Waals surface area contributed by atoms with E-state index in [2.05, 4.69) is 39.3 Å². The van der Waals surface area contributed by atoms with Gasteiger partial charge in [-0.3, -0.25) is 0 Å². The summed E-state index contributed by atoms with van der Waals surface area (Å²) in [6, 6.07) is 0. The Kier molecular flexibility index (Phi) is 2.73. The molecular formula is C11H17O. The van der Waals surface area contributed by atoms with Crippen molar-refractivity contribution in [3.05, 3.63) is 29.7 Å². The van der Waals surface area contributed by atoms with Crippen LogP contribution >= 0.6 is 0 Å². The number of methoxy groups -OCH3 is 1. The van der Waals surface area contributed by atoms with Gasteiger partial charge in [-0.2, -0.15) is 0 Å². The van der Waals surface area contributed by atoms with Crippen LogP contribution in [-0.4, -0.2) is 12.7 Å². The van der Waals surface area contributed by atoms with Gasteiger partial charge in [-0.25, -0.2) is 0 Å². The Hall–Kier alpha value is -0.560. The largest absolute Gasteiger partial charge is 0.370 e. The fourth-order valence-corrected chi connectivity index (χ4v) is 1.68. The lowest BCUT2D eigenvalue weighted by Crippen LogP contribution is -2.31. The first-order valence-electron chi connectivity index (χ1n) is 4.42. The number of ether oxygens (including phenoxy) is 1. The van der Waals surface area contributed by atoms with Crippen molar-refractivity contribution in [2.24, 2.45) is 0 Å². The molecule has 1 aliphatic carbocycles. The molecule has 0 bridgehead atoms. The lowest BCUT2D eigenvalue weighted by Gasteiger charge is -2.33. The molecule has 1 radical (unpaired) electrons. The average Bonchev–Trinajstić information content (AvgIpc) is 2.11. The summed E-state index contributed by atoms with van der Waals surface area (Å²) >= 11 is 0. The van der Waals surface area contributed by atoms with Crippen molar-refractivity contribution in [1.29, 1.82) is 0 Å². The van der Waals surface area contributed by atoms with E-state index in [9.17, 15) is 0 Å². The molecule has 1 heteroatoms. The fraction of sp³-hybridized carbons (Fsp3) is 0.545. The number of allylic oxidation sites excluding steroid dienone is 2. The van der Waals surface area contributed by atoms with Crippen LogP contribution in [-0.2, 0) is 4.74 Å². The maximum Gasteiger partial charge on any atom is 0.107 e. The van der Waals surface area contributed by atoms with Crippen molar-refractivity contribution >= 4 is 0 Å². The third kappa shape index (κ3) is 1.34. The van der Waals surface area contributed by atoms with E-state index in [-0.39, 0.29) is 5.60 Å². The Bertz CT molecular complexity index is 219. The molecule has 0 aliphatic heterocycles. The molecule has 1 rings (SSSR count). The second-order valence-electron chi connectivity index (χ2n) is 3.28. The molecule has 0 spiro atoms. The third-order valence-electron chi connectivity index (χ3n) is 2.83. The van der Waals surface area contributed by atoms with Gasteiger partial charge >= 0.3 is 0 Å². The normalized spacial score (nSPS) is 29.7. The lowest BCUT2D eigenvalue weighted by molar-refractivity contribution is 0.0590. The van der Waals surface area contributed by atoms with Crippen molar-refractivity contribution in [2.75, 3.05) is 7.11 Å². The van der Waals surface area contributed by atoms with Crippen LogP contribution < -0.4 is 0 Å². The van der Waals surface area contributed by atoms with Gasteiger partial charge in [0, 0.05) is 13.5 Å². The predicted octanol–water partition coefficient (Wildman–Crippen LogP) is 2.89. The van der Waals surface area contributed by atoms with E-state index in [1.807, 2.05) is 0 Å². The van der Waals surface area contributed by atoms with Crippen molar-refractivity contribution < 1.29 is 4.74 Å². The van der Waals surface area contributed by atoms with Crippen molar-refractivity contribution in [3.8, 4) is 0 Å². The first-order chi connectivity index (χ1) is 5.66. The minimum atomic E-state index is -0.140. The lowest BCUT2D eigenvalue weighted by atomic mass is 9.83. The molecule has 0 saturated heterocycles. The van der Waals surface area contributed by atoms with E-state index >= 15 is 0 Å². The highest BCUT2D eigenvalue weighted by molar-refractivity contribution is 5.39. The molecule has 0 amide bonds. The summed E-state index contributed by atoms with van der Waals surface area (Å²) < 4.78 is 5.55. The van der Waals surface area contributed by atoms with Crippen LogP contribution in [0.2, 0.25) is 0 Å². The van der Waals surface area contributed by atoms with Gasteiger partial charge in [-0.05, 0) is 25.8 Å². The van der Waals surface area contributed by atoms with Gasteiger partial charge in [-0.1, -0.05) is 24.6 Å². The van der Waals surface area contributed by atoms with Gasteiger partial charge in [0.25, 0.3) is 0 Å². The highest BCUT2D eigenvalue weighted by Gasteiger charge is 2.29. The first kappa shape index (κ1) is 9.53. The van der Waals surface area contributed by atoms with Gasteiger partial charge in [0.15, 0.2) is 0 Å². The first-order valence-corrected chi connectivity index (χ1v) is 4.42. The molecular weight excluding hydrogens is 148 g/mol. The summed E-state index contributed by atoms with van der Waals surface area (Å²) in [5.74, 6) is 0. The highest BCUT2D eigenvalue weighted by atomic mass is 16.5. The molecule has 0 aromatic heterocycles. The van der Waals surface area contributed by atoms with E-state index in [4.69, 9.17) is 4.74 Å². The van der Waals surface area contributed by atoms with Gasteiger partial charge in [0.2, 0.25) is 0 Å². The van der Waals surface area contributed by atoms with E-state index < -0.39 is 0 Å². The molecule has 1 unspecified atom stereocenters. The van der Waals surface area contributed by atoms with Crippen LogP contribution in [0.1, 0.15) is 27.2 Å². The SMILES string of the molecule is CCC1(OC)C=C[CH]C(C)=C1C. The molecule has 12 heavy (non-hydrogen) atoms. The van der Waals surface area contributed by atoms with Crippen LogP contribution in [0, 0.1) is 6.42 Å². The van der Waals surface area contributed by atoms with E-state index in [1.165, 1.54) is 11.1 Å². The monoisotopic (exact) mass is 165 g/mol. The standard InChI is InChI=1S/C11H17O/c1-5-11(12-4)8-6-7-9(2)10(11)3/h6-8H,5H2,1-4H3. The van der Waals surface area contributed by atoms with Gasteiger partial charge in [0.05, 0.1) is 0 Å². The summed E-state index contributed by atoms with van der Waals surface area (Å²) in [5.41, 5.74) is 2.51. The molecule has 67 valence electrons. The van der Waals surface area contributed by atoms with Crippen molar-refractivity contribution in [2.45, 2.75) is 32.8 Å². The average molecular weight is 165 g/mol. The summed E-state index contributed by atoms with van der Waals surface area (Å²) in [7, 11) is 1.77. The summed E-state index contributed by atoms with van der Waals surface area (Å²) in [6.45, 7) is 6.42. The minimum absolute atomic E-state index is 0.140. The van der Waals surface area contributed by atoms with Gasteiger partial charge in [-0.15, -0.1) is 0 Å². The molecule has 0 N–H and O–H groups in total. The number of hydrogen-bond acceptors (Lipinski definition) is 1. The molecule has 0 heterocycles. The van der Waals surface area contributed by atoms with Crippen LogP contribution in [0.3, 0.4) is 0 Å². The quantitative estimate of drug-likeness (QED) is 0.611. The maximum atomic E-state index is 5.55. The second-order valence-corrected chi connectivity index (χ2v) is 3.28. The zero-order valence-corrected chi connectivity index (χ0v) is 8.35. The fourth-order valence-electron chi connectivity index (χ4n) is 1.68. The van der Waals surface area contributed by atoms with Crippen LogP contribution in [0.25, 0.3) is 0 Å². The smallest absolute Gasteiger partial charge is 0.107 e. The Balaban J connectivity index is 3.01. The summed E-state index contributed by atoms with van der Waals surface area (Å²) in [4.78, 5) is 0. The Morgan fingerprint density at radius 2 is 2.08 bits per heavy atom. The summed E-state index contributed by atoms with van der Waals surface area (Å²) in [5, 5.41) is 0. The number of hydrogen-bond donors (Lipinski definition) is 0.